The molecule has 0 aliphatic rings. The lowest BCUT2D eigenvalue weighted by Gasteiger charge is -2.13. The highest BCUT2D eigenvalue weighted by atomic mass is 16.5. The summed E-state index contributed by atoms with van der Waals surface area (Å²) in [5.74, 6) is -2.80. The molecule has 2 aromatic carbocycles. The van der Waals surface area contributed by atoms with Crippen LogP contribution in [0.4, 0.5) is 0 Å². The Bertz CT molecular complexity index is 1460. The summed E-state index contributed by atoms with van der Waals surface area (Å²) < 4.78 is 89.0. The molecule has 28 heavy (non-hydrogen) atoms. The van der Waals surface area contributed by atoms with Crippen LogP contribution in [0.2, 0.25) is 0 Å². The van der Waals surface area contributed by atoms with Crippen molar-refractivity contribution in [3.05, 3.63) is 60.0 Å². The number of aromatic amines is 2. The van der Waals surface area contributed by atoms with Crippen molar-refractivity contribution in [2.45, 2.75) is 0 Å². The number of aromatic nitrogens is 3. The molecule has 0 spiro atoms. The van der Waals surface area contributed by atoms with Gasteiger partial charge in [-0.2, -0.15) is 0 Å². The highest BCUT2D eigenvalue weighted by molar-refractivity contribution is 6.09. The van der Waals surface area contributed by atoms with Crippen molar-refractivity contribution in [3.8, 4) is 28.6 Å². The van der Waals surface area contributed by atoms with E-state index in [0.29, 0.717) is 16.5 Å². The number of ether oxygens (including phenoxy) is 3. The Balaban J connectivity index is 1.79. The van der Waals surface area contributed by atoms with Gasteiger partial charge in [0, 0.05) is 28.2 Å². The first-order chi connectivity index (χ1) is 17.5. The van der Waals surface area contributed by atoms with Gasteiger partial charge in [0.2, 0.25) is 11.5 Å². The molecule has 2 N–H and O–H groups in total. The van der Waals surface area contributed by atoms with E-state index in [9.17, 15) is 4.79 Å². The van der Waals surface area contributed by atoms with E-state index in [1.165, 1.54) is 6.20 Å². The number of ketones is 1. The summed E-state index contributed by atoms with van der Waals surface area (Å²) in [7, 11) is -9.36. The maximum absolute atomic E-state index is 13.3. The van der Waals surface area contributed by atoms with Crippen LogP contribution in [0, 0.1) is 0 Å². The Labute approximate surface area is 175 Å². The van der Waals surface area contributed by atoms with Gasteiger partial charge in [0.15, 0.2) is 11.5 Å². The third-order valence-corrected chi connectivity index (χ3v) is 4.19. The second-order valence-electron chi connectivity index (χ2n) is 5.74. The minimum Gasteiger partial charge on any atom is -0.493 e. The van der Waals surface area contributed by atoms with Crippen molar-refractivity contribution >= 4 is 16.7 Å². The molecule has 0 aliphatic carbocycles. The first kappa shape index (κ1) is 9.45. The summed E-state index contributed by atoms with van der Waals surface area (Å²) in [6.45, 7) is 0. The molecule has 0 atom stereocenters. The van der Waals surface area contributed by atoms with Gasteiger partial charge in [0.05, 0.1) is 41.0 Å². The molecule has 4 aromatic rings. The van der Waals surface area contributed by atoms with Crippen molar-refractivity contribution in [1.82, 2.24) is 15.0 Å². The zero-order valence-electron chi connectivity index (χ0n) is 24.1. The van der Waals surface area contributed by atoms with Gasteiger partial charge in [0.25, 0.3) is 0 Å². The fraction of sp³-hybridized carbons (Fsp3) is 0.143. The molecule has 0 radical (unpaired) electrons. The van der Waals surface area contributed by atoms with Gasteiger partial charge in [-0.3, -0.25) is 4.79 Å². The fourth-order valence-electron chi connectivity index (χ4n) is 2.89. The summed E-state index contributed by atoms with van der Waals surface area (Å²) in [4.78, 5) is 23.4. The number of carbonyl (C=O) groups excluding carboxylic acids is 1. The number of hydrogen-bond donors (Lipinski definition) is 2. The normalized spacial score (nSPS) is 17.4. The highest BCUT2D eigenvalue weighted by Crippen LogP contribution is 2.38. The van der Waals surface area contributed by atoms with Crippen LogP contribution >= 0.6 is 0 Å². The van der Waals surface area contributed by atoms with Crippen molar-refractivity contribution in [2.24, 2.45) is 0 Å². The predicted octanol–water partition coefficient (Wildman–Crippen LogP) is 3.81. The average Bonchev–Trinajstić information content (AvgIpc) is 3.40. The molecular weight excluding hydrogens is 358 g/mol. The number of H-pyrrole nitrogens is 2. The molecular formula is C21H19N3O4. The first-order valence-electron chi connectivity index (χ1n) is 12.9. The topological polar surface area (TPSA) is 89.2 Å². The number of hydrogen-bond acceptors (Lipinski definition) is 5. The van der Waals surface area contributed by atoms with E-state index in [1.54, 1.807) is 24.4 Å². The Kier molecular flexibility index (Phi) is 2.40. The van der Waals surface area contributed by atoms with Crippen molar-refractivity contribution in [1.29, 1.82) is 0 Å². The Hall–Kier alpha value is -3.74. The number of nitrogens with zero attached hydrogens (tertiary/aromatic N) is 1. The van der Waals surface area contributed by atoms with Crippen LogP contribution in [0.15, 0.2) is 48.8 Å². The summed E-state index contributed by atoms with van der Waals surface area (Å²) in [6, 6.07) is 7.14. The summed E-state index contributed by atoms with van der Waals surface area (Å²) in [6.07, 6.45) is 2.82. The van der Waals surface area contributed by atoms with E-state index in [-0.39, 0.29) is 23.1 Å². The predicted molar refractivity (Wildman–Crippen MR) is 105 cm³/mol. The van der Waals surface area contributed by atoms with Gasteiger partial charge in [-0.15, -0.1) is 0 Å². The summed E-state index contributed by atoms with van der Waals surface area (Å²) >= 11 is 0. The minimum atomic E-state index is -3.14. The van der Waals surface area contributed by atoms with E-state index in [0.717, 1.165) is 12.1 Å². The Morgan fingerprint density at radius 2 is 1.93 bits per heavy atom. The number of carbonyl (C=O) groups is 1. The molecule has 0 saturated heterocycles. The quantitative estimate of drug-likeness (QED) is 0.491. The second-order valence-corrected chi connectivity index (χ2v) is 5.74. The van der Waals surface area contributed by atoms with Crippen LogP contribution in [0.3, 0.4) is 0 Å². The smallest absolute Gasteiger partial charge is 0.211 e. The molecule has 7 heteroatoms. The average molecular weight is 387 g/mol. The van der Waals surface area contributed by atoms with E-state index in [1.807, 2.05) is 0 Å². The largest absolute Gasteiger partial charge is 0.493 e. The lowest BCUT2D eigenvalue weighted by molar-refractivity contribution is 0.103. The van der Waals surface area contributed by atoms with Crippen LogP contribution in [-0.2, 0) is 0 Å². The first-order valence-corrected chi connectivity index (χ1v) is 7.93. The lowest BCUT2D eigenvalue weighted by atomic mass is 10.1. The number of para-hydroxylation sites is 1. The second kappa shape index (κ2) is 7.11. The Morgan fingerprint density at radius 3 is 2.68 bits per heavy atom. The van der Waals surface area contributed by atoms with Gasteiger partial charge < -0.3 is 24.2 Å². The molecule has 142 valence electrons. The molecule has 0 unspecified atom stereocenters. The summed E-state index contributed by atoms with van der Waals surface area (Å²) in [5, 5.41) is 0.679. The monoisotopic (exact) mass is 387 g/mol. The molecule has 0 amide bonds. The number of nitrogens with one attached hydrogen (secondary N) is 2. The van der Waals surface area contributed by atoms with Crippen molar-refractivity contribution in [3.63, 3.8) is 0 Å². The molecule has 0 saturated carbocycles. The Morgan fingerprint density at radius 1 is 1.14 bits per heavy atom. The number of rotatable bonds is 6. The fourth-order valence-corrected chi connectivity index (χ4v) is 2.89. The number of fused-ring (bicyclic) bond motifs is 1. The molecule has 0 aliphatic heterocycles. The van der Waals surface area contributed by atoms with Crippen molar-refractivity contribution < 1.29 is 32.7 Å². The molecule has 0 bridgehead atoms. The minimum absolute atomic E-state index is 0.0689. The van der Waals surface area contributed by atoms with Crippen LogP contribution in [0.1, 0.15) is 29.8 Å². The molecule has 0 fully saturated rings. The van der Waals surface area contributed by atoms with Crippen LogP contribution in [0.25, 0.3) is 22.3 Å². The third-order valence-electron chi connectivity index (χ3n) is 4.19. The van der Waals surface area contributed by atoms with Crippen LogP contribution in [0.5, 0.6) is 17.2 Å². The number of imidazole rings is 1. The van der Waals surface area contributed by atoms with Crippen LogP contribution in [-0.4, -0.2) is 41.8 Å². The maximum Gasteiger partial charge on any atom is 0.211 e. The van der Waals surface area contributed by atoms with Gasteiger partial charge in [-0.1, -0.05) is 18.2 Å². The van der Waals surface area contributed by atoms with Gasteiger partial charge in [-0.25, -0.2) is 4.98 Å². The zero-order chi connectivity index (χ0) is 28.0. The van der Waals surface area contributed by atoms with E-state index >= 15 is 0 Å². The van der Waals surface area contributed by atoms with E-state index in [4.69, 9.17) is 27.9 Å². The zero-order valence-corrected chi connectivity index (χ0v) is 14.1. The standard InChI is InChI=1S/C21H19N3O4/c1-26-17-8-12(9-18(27-2)20(17)28-3)19(25)16-11-23-21(24-16)14-10-22-15-7-5-4-6-13(14)15/h4-11,22H,1-3H3,(H,23,24)/i1D3,2D3,3D3,7D. The SMILES string of the molecule is [2H]c1cccc2c(-c3ncc(C(=O)c4cc(OC([2H])([2H])[2H])c(OC([2H])([2H])[2H])c(OC([2H])([2H])[2H])c4)[nH]3)c[nH]c12. The van der Waals surface area contributed by atoms with E-state index in [2.05, 4.69) is 15.0 Å². The molecule has 2 aromatic heterocycles. The number of methoxy groups -OCH3 is 3. The van der Waals surface area contributed by atoms with Gasteiger partial charge in [-0.05, 0) is 18.2 Å². The van der Waals surface area contributed by atoms with Crippen LogP contribution < -0.4 is 14.2 Å². The van der Waals surface area contributed by atoms with Gasteiger partial charge >= 0.3 is 0 Å². The summed E-state index contributed by atoms with van der Waals surface area (Å²) in [5.41, 5.74) is 0.770. The maximum atomic E-state index is 13.3. The van der Waals surface area contributed by atoms with E-state index < -0.39 is 44.1 Å². The molecule has 2 heterocycles. The molecule has 7 nitrogen and oxygen atoms in total. The number of benzene rings is 2. The molecule has 4 rings (SSSR count). The highest BCUT2D eigenvalue weighted by Gasteiger charge is 2.20. The lowest BCUT2D eigenvalue weighted by Crippen LogP contribution is -2.04. The third kappa shape index (κ3) is 2.87. The van der Waals surface area contributed by atoms with Crippen molar-refractivity contribution in [2.75, 3.05) is 21.1 Å². The van der Waals surface area contributed by atoms with Gasteiger partial charge in [0.1, 0.15) is 11.5 Å².